The molecule has 0 aromatic carbocycles. The lowest BCUT2D eigenvalue weighted by atomic mass is 10.3. The largest absolute Gasteiger partial charge is 0.382 e. The Morgan fingerprint density at radius 1 is 1.30 bits per heavy atom. The van der Waals surface area contributed by atoms with E-state index in [0.717, 1.165) is 0 Å². The number of hydrogen-bond acceptors (Lipinski definition) is 7. The second-order valence-electron chi connectivity index (χ2n) is 4.19. The first-order valence-electron chi connectivity index (χ1n) is 6.19. The predicted molar refractivity (Wildman–Crippen MR) is 86.3 cm³/mol. The number of rotatable bonds is 1. The monoisotopic (exact) mass is 328 g/mol. The maximum Gasteiger partial charge on any atom is 0.280 e. The summed E-state index contributed by atoms with van der Waals surface area (Å²) in [5.41, 5.74) is 15.2. The molecule has 12 heteroatoms. The van der Waals surface area contributed by atoms with Gasteiger partial charge in [0.05, 0.1) is 0 Å². The van der Waals surface area contributed by atoms with E-state index < -0.39 is 23.4 Å². The maximum absolute atomic E-state index is 13.0. The number of nitrogens with zero attached hydrogens (tertiary/aromatic N) is 4. The molecular weight excluding hydrogens is 307 g/mol. The van der Waals surface area contributed by atoms with Gasteiger partial charge >= 0.3 is 0 Å². The third kappa shape index (κ3) is 6.41. The topological polar surface area (TPSA) is 184 Å². The van der Waals surface area contributed by atoms with E-state index in [0.29, 0.717) is 5.96 Å². The number of hydrogen-bond donors (Lipinski definition) is 6. The van der Waals surface area contributed by atoms with Crippen molar-refractivity contribution in [2.24, 2.45) is 10.7 Å². The molecule has 1 rings (SSSR count). The number of guanidine groups is 2. The van der Waals surface area contributed by atoms with Crippen LogP contribution in [0.15, 0.2) is 4.99 Å². The van der Waals surface area contributed by atoms with Gasteiger partial charge in [0.15, 0.2) is 29.2 Å². The standard InChI is InChI=1S/C8H12FN7O.C3H9N3/c1-16(2)8(12)15-7(17)3-5(10)14-6(11)4(9)13-3;1-5-3(4)6-2/h1-2H3,(H4,10,11,14)(H2,12,15,17);1-2H3,(H3,4,5,6). The van der Waals surface area contributed by atoms with E-state index in [4.69, 9.17) is 22.6 Å². The normalized spacial score (nSPS) is 10.2. The number of nitrogens with one attached hydrogen (secondary N) is 3. The Labute approximate surface area is 132 Å². The number of aliphatic imine (C=N–C) groups is 1. The van der Waals surface area contributed by atoms with Gasteiger partial charge in [-0.15, -0.1) is 0 Å². The fourth-order valence-corrected chi connectivity index (χ4v) is 0.999. The molecule has 0 bridgehead atoms. The minimum absolute atomic E-state index is 0.187. The zero-order valence-corrected chi connectivity index (χ0v) is 13.3. The zero-order valence-electron chi connectivity index (χ0n) is 13.3. The zero-order chi connectivity index (χ0) is 18.2. The van der Waals surface area contributed by atoms with E-state index in [1.54, 1.807) is 28.2 Å². The van der Waals surface area contributed by atoms with Crippen molar-refractivity contribution in [1.82, 2.24) is 25.5 Å². The number of carbonyl (C=O) groups is 1. The molecule has 0 aliphatic rings. The van der Waals surface area contributed by atoms with Crippen molar-refractivity contribution >= 4 is 29.5 Å². The Balaban J connectivity index is 0.000000688. The van der Waals surface area contributed by atoms with E-state index in [-0.39, 0.29) is 11.8 Å². The smallest absolute Gasteiger partial charge is 0.280 e. The molecular formula is C11H21FN10O. The van der Waals surface area contributed by atoms with Crippen LogP contribution in [0.5, 0.6) is 0 Å². The minimum atomic E-state index is -1.08. The van der Waals surface area contributed by atoms with E-state index in [9.17, 15) is 9.18 Å². The molecule has 1 heterocycles. The number of amides is 1. The van der Waals surface area contributed by atoms with Crippen molar-refractivity contribution in [2.45, 2.75) is 0 Å². The van der Waals surface area contributed by atoms with Crippen LogP contribution in [0.3, 0.4) is 0 Å². The molecule has 1 amide bonds. The summed E-state index contributed by atoms with van der Waals surface area (Å²) < 4.78 is 13.0. The maximum atomic E-state index is 13.0. The molecule has 23 heavy (non-hydrogen) atoms. The van der Waals surface area contributed by atoms with Gasteiger partial charge in [0.2, 0.25) is 0 Å². The van der Waals surface area contributed by atoms with Crippen LogP contribution in [-0.4, -0.2) is 60.9 Å². The number of aromatic nitrogens is 2. The molecule has 0 saturated heterocycles. The Bertz CT molecular complexity index is 601. The van der Waals surface area contributed by atoms with Gasteiger partial charge in [0.1, 0.15) is 0 Å². The third-order valence-electron chi connectivity index (χ3n) is 2.30. The molecule has 0 saturated carbocycles. The highest BCUT2D eigenvalue weighted by atomic mass is 19.1. The van der Waals surface area contributed by atoms with Crippen molar-refractivity contribution in [1.29, 1.82) is 5.41 Å². The molecule has 0 atom stereocenters. The highest BCUT2D eigenvalue weighted by Crippen LogP contribution is 2.11. The average Bonchev–Trinajstić information content (AvgIpc) is 2.50. The van der Waals surface area contributed by atoms with Gasteiger partial charge in [-0.25, -0.2) is 9.97 Å². The van der Waals surface area contributed by atoms with Gasteiger partial charge in [0, 0.05) is 28.2 Å². The van der Waals surface area contributed by atoms with Crippen LogP contribution in [0.25, 0.3) is 0 Å². The first-order valence-corrected chi connectivity index (χ1v) is 6.19. The molecule has 0 aliphatic heterocycles. The molecule has 1 aromatic rings. The number of carbonyl (C=O) groups excluding carboxylic acids is 1. The quantitative estimate of drug-likeness (QED) is 0.256. The first-order chi connectivity index (χ1) is 10.6. The van der Waals surface area contributed by atoms with E-state index in [1.165, 1.54) is 4.90 Å². The Kier molecular flexibility index (Phi) is 7.72. The van der Waals surface area contributed by atoms with E-state index in [1.807, 2.05) is 0 Å². The van der Waals surface area contributed by atoms with Crippen molar-refractivity contribution in [3.63, 3.8) is 0 Å². The molecule has 9 N–H and O–H groups in total. The van der Waals surface area contributed by atoms with Crippen LogP contribution >= 0.6 is 0 Å². The summed E-state index contributed by atoms with van der Waals surface area (Å²) in [7, 11) is 6.47. The van der Waals surface area contributed by atoms with Gasteiger partial charge in [-0.3, -0.25) is 20.5 Å². The lowest BCUT2D eigenvalue weighted by Crippen LogP contribution is -2.40. The van der Waals surface area contributed by atoms with Gasteiger partial charge < -0.3 is 27.4 Å². The molecule has 0 spiro atoms. The highest BCUT2D eigenvalue weighted by Gasteiger charge is 2.18. The number of nitrogen functional groups attached to an aromatic ring is 2. The molecule has 0 unspecified atom stereocenters. The lowest BCUT2D eigenvalue weighted by molar-refractivity contribution is 0.0968. The highest BCUT2D eigenvalue weighted by molar-refractivity contribution is 6.05. The fraction of sp³-hybridized carbons (Fsp3) is 0.364. The van der Waals surface area contributed by atoms with Crippen molar-refractivity contribution in [3.05, 3.63) is 11.6 Å². The minimum Gasteiger partial charge on any atom is -0.382 e. The summed E-state index contributed by atoms with van der Waals surface area (Å²) in [6, 6.07) is 0. The van der Waals surface area contributed by atoms with E-state index >= 15 is 0 Å². The van der Waals surface area contributed by atoms with Crippen molar-refractivity contribution in [3.8, 4) is 0 Å². The molecule has 128 valence electrons. The van der Waals surface area contributed by atoms with Crippen LogP contribution in [0, 0.1) is 11.4 Å². The Hall–Kier alpha value is -3.18. The number of halogens is 1. The third-order valence-corrected chi connectivity index (χ3v) is 2.30. The summed E-state index contributed by atoms with van der Waals surface area (Å²) in [6.07, 6.45) is 0. The molecule has 0 radical (unpaired) electrons. The van der Waals surface area contributed by atoms with Crippen LogP contribution in [0.4, 0.5) is 16.0 Å². The van der Waals surface area contributed by atoms with Crippen molar-refractivity contribution < 1.29 is 9.18 Å². The average molecular weight is 328 g/mol. The summed E-state index contributed by atoms with van der Waals surface area (Å²) in [4.78, 5) is 23.2. The summed E-state index contributed by atoms with van der Waals surface area (Å²) >= 11 is 0. The number of anilines is 2. The Morgan fingerprint density at radius 3 is 2.26 bits per heavy atom. The summed E-state index contributed by atoms with van der Waals surface area (Å²) in [5.74, 6) is -2.41. The molecule has 1 aromatic heterocycles. The van der Waals surface area contributed by atoms with Crippen molar-refractivity contribution in [2.75, 3.05) is 39.7 Å². The summed E-state index contributed by atoms with van der Waals surface area (Å²) in [5, 5.41) is 12.2. The van der Waals surface area contributed by atoms with Crippen LogP contribution in [-0.2, 0) is 0 Å². The summed E-state index contributed by atoms with van der Waals surface area (Å²) in [6.45, 7) is 0. The molecule has 0 aliphatic carbocycles. The molecule has 11 nitrogen and oxygen atoms in total. The number of nitrogens with two attached hydrogens (primary N) is 3. The van der Waals surface area contributed by atoms with E-state index in [2.05, 4.69) is 25.6 Å². The van der Waals surface area contributed by atoms with Gasteiger partial charge in [-0.2, -0.15) is 4.39 Å². The SMILES string of the molecule is CN(C)C(=N)NC(=O)c1nc(F)c(N)nc1N.CN=C(N)NC. The Morgan fingerprint density at radius 2 is 1.87 bits per heavy atom. The van der Waals surface area contributed by atoms with Crippen LogP contribution in [0.2, 0.25) is 0 Å². The van der Waals surface area contributed by atoms with Crippen LogP contribution in [0.1, 0.15) is 10.5 Å². The van der Waals surface area contributed by atoms with Gasteiger partial charge in [-0.05, 0) is 0 Å². The molecule has 0 fully saturated rings. The second-order valence-corrected chi connectivity index (χ2v) is 4.19. The van der Waals surface area contributed by atoms with Gasteiger partial charge in [0.25, 0.3) is 11.9 Å². The first kappa shape index (κ1) is 19.8. The predicted octanol–water partition coefficient (Wildman–Crippen LogP) is -1.84. The lowest BCUT2D eigenvalue weighted by Gasteiger charge is -2.14. The van der Waals surface area contributed by atoms with Crippen LogP contribution < -0.4 is 27.8 Å². The fourth-order valence-electron chi connectivity index (χ4n) is 0.999. The van der Waals surface area contributed by atoms with Gasteiger partial charge in [-0.1, -0.05) is 0 Å². The second kappa shape index (κ2) is 8.96.